The summed E-state index contributed by atoms with van der Waals surface area (Å²) in [4.78, 5) is 14.3. The molecule has 0 radical (unpaired) electrons. The number of hydrogen-bond donors (Lipinski definition) is 1. The average Bonchev–Trinajstić information content (AvgIpc) is 2.92. The number of aromatic nitrogens is 3. The number of aromatic amines is 1. The fourth-order valence-electron chi connectivity index (χ4n) is 2.07. The molecule has 0 atom stereocenters. The lowest BCUT2D eigenvalue weighted by Gasteiger charge is -2.08. The molecule has 0 aliphatic heterocycles. The van der Waals surface area contributed by atoms with Crippen LogP contribution in [0.1, 0.15) is 0 Å². The first kappa shape index (κ1) is 12.3. The molecule has 0 fully saturated rings. The Morgan fingerprint density at radius 3 is 2.65 bits per heavy atom. The summed E-state index contributed by atoms with van der Waals surface area (Å²) in [5.74, 6) is 1.27. The smallest absolute Gasteiger partial charge is 0.273 e. The number of methoxy groups -OCH3 is 2. The van der Waals surface area contributed by atoms with Gasteiger partial charge in [-0.15, -0.1) is 0 Å². The first-order valence-electron chi connectivity index (χ1n) is 6.02. The second-order valence-corrected chi connectivity index (χ2v) is 4.22. The van der Waals surface area contributed by atoms with Crippen LogP contribution in [0.3, 0.4) is 0 Å². The zero-order valence-electron chi connectivity index (χ0n) is 11.1. The number of nitrogens with zero attached hydrogens (tertiary/aromatic N) is 2. The number of ether oxygens (including phenoxy) is 2. The van der Waals surface area contributed by atoms with Gasteiger partial charge in [0, 0.05) is 18.0 Å². The normalized spacial score (nSPS) is 10.7. The molecule has 6 heteroatoms. The van der Waals surface area contributed by atoms with Crippen molar-refractivity contribution in [3.8, 4) is 22.8 Å². The molecule has 2 heterocycles. The molecule has 0 aliphatic carbocycles. The van der Waals surface area contributed by atoms with Gasteiger partial charge in [-0.2, -0.15) is 5.10 Å². The lowest BCUT2D eigenvalue weighted by molar-refractivity contribution is 0.355. The maximum Gasteiger partial charge on any atom is 0.273 e. The Morgan fingerprint density at radius 2 is 1.95 bits per heavy atom. The molecule has 102 valence electrons. The van der Waals surface area contributed by atoms with Crippen molar-refractivity contribution in [1.29, 1.82) is 0 Å². The van der Waals surface area contributed by atoms with Crippen molar-refractivity contribution in [3.05, 3.63) is 47.0 Å². The number of H-pyrrole nitrogens is 1. The van der Waals surface area contributed by atoms with Gasteiger partial charge in [0.25, 0.3) is 5.56 Å². The van der Waals surface area contributed by atoms with Crippen LogP contribution in [0.2, 0.25) is 0 Å². The first-order chi connectivity index (χ1) is 9.72. The second kappa shape index (κ2) is 4.73. The Labute approximate surface area is 114 Å². The van der Waals surface area contributed by atoms with E-state index in [1.54, 1.807) is 37.2 Å². The monoisotopic (exact) mass is 271 g/mol. The summed E-state index contributed by atoms with van der Waals surface area (Å²) in [5.41, 5.74) is 1.87. The molecule has 1 N–H and O–H groups in total. The van der Waals surface area contributed by atoms with E-state index in [9.17, 15) is 4.79 Å². The lowest BCUT2D eigenvalue weighted by atomic mass is 10.1. The topological polar surface area (TPSA) is 68.6 Å². The summed E-state index contributed by atoms with van der Waals surface area (Å²) in [7, 11) is 3.16. The van der Waals surface area contributed by atoms with Gasteiger partial charge in [0.2, 0.25) is 0 Å². The molecule has 0 aliphatic rings. The zero-order valence-corrected chi connectivity index (χ0v) is 11.1. The van der Waals surface area contributed by atoms with E-state index in [0.29, 0.717) is 22.7 Å². The summed E-state index contributed by atoms with van der Waals surface area (Å²) in [5, 5.41) is 4.37. The van der Waals surface area contributed by atoms with Gasteiger partial charge in [0.05, 0.1) is 19.9 Å². The molecule has 2 aromatic heterocycles. The van der Waals surface area contributed by atoms with Crippen LogP contribution in [0.4, 0.5) is 0 Å². The van der Waals surface area contributed by atoms with Crippen LogP contribution in [0.15, 0.2) is 41.5 Å². The van der Waals surface area contributed by atoms with Gasteiger partial charge in [-0.3, -0.25) is 4.79 Å². The predicted octanol–water partition coefficient (Wildman–Crippen LogP) is 1.71. The average molecular weight is 271 g/mol. The molecular weight excluding hydrogens is 258 g/mol. The molecule has 0 saturated heterocycles. The molecule has 0 bridgehead atoms. The Kier molecular flexibility index (Phi) is 2.90. The van der Waals surface area contributed by atoms with Crippen molar-refractivity contribution in [1.82, 2.24) is 14.6 Å². The van der Waals surface area contributed by atoms with Crippen molar-refractivity contribution in [3.63, 3.8) is 0 Å². The number of fused-ring (bicyclic) bond motifs is 1. The molecule has 0 spiro atoms. The molecule has 6 nitrogen and oxygen atoms in total. The largest absolute Gasteiger partial charge is 0.493 e. The highest BCUT2D eigenvalue weighted by molar-refractivity contribution is 5.68. The van der Waals surface area contributed by atoms with Crippen molar-refractivity contribution in [2.24, 2.45) is 0 Å². The van der Waals surface area contributed by atoms with Crippen molar-refractivity contribution in [2.75, 3.05) is 14.2 Å². The highest BCUT2D eigenvalue weighted by Gasteiger charge is 2.10. The van der Waals surface area contributed by atoms with Gasteiger partial charge in [0.15, 0.2) is 11.5 Å². The summed E-state index contributed by atoms with van der Waals surface area (Å²) in [6, 6.07) is 7.24. The van der Waals surface area contributed by atoms with Gasteiger partial charge in [-0.05, 0) is 24.3 Å². The molecule has 20 heavy (non-hydrogen) atoms. The summed E-state index contributed by atoms with van der Waals surface area (Å²) in [6.07, 6.45) is 3.25. The Morgan fingerprint density at radius 1 is 1.15 bits per heavy atom. The van der Waals surface area contributed by atoms with E-state index in [4.69, 9.17) is 9.47 Å². The zero-order chi connectivity index (χ0) is 14.1. The third kappa shape index (κ3) is 1.91. The highest BCUT2D eigenvalue weighted by Crippen LogP contribution is 2.31. The second-order valence-electron chi connectivity index (χ2n) is 4.22. The Bertz CT molecular complexity index is 820. The highest BCUT2D eigenvalue weighted by atomic mass is 16.5. The maximum atomic E-state index is 11.7. The minimum atomic E-state index is -0.174. The van der Waals surface area contributed by atoms with Crippen LogP contribution in [0, 0.1) is 0 Å². The van der Waals surface area contributed by atoms with E-state index >= 15 is 0 Å². The fraction of sp³-hybridized carbons (Fsp3) is 0.143. The van der Waals surface area contributed by atoms with E-state index < -0.39 is 0 Å². The summed E-state index contributed by atoms with van der Waals surface area (Å²) in [6.45, 7) is 0. The van der Waals surface area contributed by atoms with Gasteiger partial charge >= 0.3 is 0 Å². The third-order valence-electron chi connectivity index (χ3n) is 3.08. The third-order valence-corrected chi connectivity index (χ3v) is 3.08. The van der Waals surface area contributed by atoms with Gasteiger partial charge in [-0.1, -0.05) is 0 Å². The van der Waals surface area contributed by atoms with E-state index in [0.717, 1.165) is 5.56 Å². The predicted molar refractivity (Wildman–Crippen MR) is 74.4 cm³/mol. The quantitative estimate of drug-likeness (QED) is 0.787. The van der Waals surface area contributed by atoms with Gasteiger partial charge in [0.1, 0.15) is 5.52 Å². The van der Waals surface area contributed by atoms with E-state index in [1.165, 1.54) is 0 Å². The minimum absolute atomic E-state index is 0.174. The van der Waals surface area contributed by atoms with Crippen molar-refractivity contribution in [2.45, 2.75) is 0 Å². The molecule has 0 amide bonds. The molecule has 3 rings (SSSR count). The Hall–Kier alpha value is -2.76. The van der Waals surface area contributed by atoms with Crippen LogP contribution in [0.5, 0.6) is 11.5 Å². The van der Waals surface area contributed by atoms with Crippen molar-refractivity contribution >= 4 is 5.52 Å². The standard InChI is InChI=1S/C14H13N3O3/c1-19-12-4-3-9(7-13(12)20-2)10-8-11-14(18)15-5-6-17(11)16-10/h3-8H,1-2H3,(H,15,18). The van der Waals surface area contributed by atoms with E-state index in [1.807, 2.05) is 18.2 Å². The van der Waals surface area contributed by atoms with Crippen LogP contribution in [0.25, 0.3) is 16.8 Å². The molecule has 0 saturated carbocycles. The molecular formula is C14H13N3O3. The fourth-order valence-corrected chi connectivity index (χ4v) is 2.07. The van der Waals surface area contributed by atoms with E-state index in [-0.39, 0.29) is 5.56 Å². The van der Waals surface area contributed by atoms with E-state index in [2.05, 4.69) is 10.1 Å². The Balaban J connectivity index is 2.15. The van der Waals surface area contributed by atoms with Crippen LogP contribution in [-0.4, -0.2) is 28.8 Å². The molecule has 1 aromatic carbocycles. The number of benzene rings is 1. The summed E-state index contributed by atoms with van der Waals surface area (Å²) >= 11 is 0. The number of hydrogen-bond acceptors (Lipinski definition) is 4. The molecule has 3 aromatic rings. The van der Waals surface area contributed by atoms with Crippen LogP contribution < -0.4 is 15.0 Å². The SMILES string of the molecule is COc1ccc(-c2cc3c(=O)[nH]ccn3n2)cc1OC. The summed E-state index contributed by atoms with van der Waals surface area (Å²) < 4.78 is 12.0. The number of nitrogens with one attached hydrogen (secondary N) is 1. The first-order valence-corrected chi connectivity index (χ1v) is 6.02. The lowest BCUT2D eigenvalue weighted by Crippen LogP contribution is -2.07. The van der Waals surface area contributed by atoms with Crippen LogP contribution in [-0.2, 0) is 0 Å². The maximum absolute atomic E-state index is 11.7. The van der Waals surface area contributed by atoms with Crippen LogP contribution >= 0.6 is 0 Å². The minimum Gasteiger partial charge on any atom is -0.493 e. The number of rotatable bonds is 3. The van der Waals surface area contributed by atoms with Crippen molar-refractivity contribution < 1.29 is 9.47 Å². The van der Waals surface area contributed by atoms with Gasteiger partial charge < -0.3 is 14.5 Å². The van der Waals surface area contributed by atoms with Gasteiger partial charge in [-0.25, -0.2) is 4.52 Å². The molecule has 0 unspecified atom stereocenters.